The zero-order valence-corrected chi connectivity index (χ0v) is 14.9. The highest BCUT2D eigenvalue weighted by atomic mass is 32.2. The van der Waals surface area contributed by atoms with Crippen molar-refractivity contribution in [2.45, 2.75) is 65.3 Å². The highest BCUT2D eigenvalue weighted by Gasteiger charge is 2.36. The van der Waals surface area contributed by atoms with Crippen LogP contribution in [0.2, 0.25) is 0 Å². The smallest absolute Gasteiger partial charge is 0.485 e. The van der Waals surface area contributed by atoms with Crippen molar-refractivity contribution in [1.29, 1.82) is 0 Å². The molecule has 0 unspecified atom stereocenters. The van der Waals surface area contributed by atoms with Crippen molar-refractivity contribution in [3.63, 3.8) is 0 Å². The normalized spacial score (nSPS) is 12.7. The molecular weight excluding hydrogens is 319 g/mol. The Morgan fingerprint density at radius 3 is 1.50 bits per heavy atom. The van der Waals surface area contributed by atoms with Crippen LogP contribution in [0.15, 0.2) is 0 Å². The van der Waals surface area contributed by atoms with E-state index < -0.39 is 15.6 Å². The van der Waals surface area contributed by atoms with E-state index in [1.807, 2.05) is 0 Å². The van der Waals surface area contributed by atoms with Gasteiger partial charge in [-0.1, -0.05) is 26.2 Å². The number of rotatable bonds is 9. The first-order valence-corrected chi connectivity index (χ1v) is 9.27. The van der Waals surface area contributed by atoms with Crippen LogP contribution in [0.5, 0.6) is 0 Å². The number of nitrogens with zero attached hydrogens (tertiary/aromatic N) is 1. The summed E-state index contributed by atoms with van der Waals surface area (Å²) in [6.07, 6.45) is 7.08. The largest absolute Gasteiger partial charge is 0.741 e. The lowest BCUT2D eigenvalue weighted by Gasteiger charge is -2.35. The summed E-state index contributed by atoms with van der Waals surface area (Å²) in [5.74, 6) is 0. The summed E-state index contributed by atoms with van der Waals surface area (Å²) in [6, 6.07) is 0. The van der Waals surface area contributed by atoms with Crippen LogP contribution >= 0.6 is 0 Å². The van der Waals surface area contributed by atoms with E-state index in [9.17, 15) is 13.2 Å². The molecule has 0 heterocycles. The second-order valence-corrected chi connectivity index (χ2v) is 6.70. The molecular formula is C14H30F3NO3S. The fraction of sp³-hybridized carbons (Fsp3) is 1.00. The molecule has 0 amide bonds. The quantitative estimate of drug-likeness (QED) is 0.275. The summed E-state index contributed by atoms with van der Waals surface area (Å²) in [5, 5.41) is 0. The fourth-order valence-electron chi connectivity index (χ4n) is 2.20. The van der Waals surface area contributed by atoms with Crippen LogP contribution in [0.25, 0.3) is 0 Å². The van der Waals surface area contributed by atoms with Crippen LogP contribution in [0.1, 0.15) is 59.8 Å². The first-order chi connectivity index (χ1) is 9.99. The molecule has 0 aromatic rings. The summed E-state index contributed by atoms with van der Waals surface area (Å²) in [6.45, 7) is 14.6. The molecule has 22 heavy (non-hydrogen) atoms. The first-order valence-electron chi connectivity index (χ1n) is 7.86. The SMILES string of the molecule is CCCCCCC[N+](CC)(CC)CC.O=S(=O)([O-])C(F)(F)F. The van der Waals surface area contributed by atoms with Crippen LogP contribution in [0, 0.1) is 0 Å². The average Bonchev–Trinajstić information content (AvgIpc) is 2.42. The summed E-state index contributed by atoms with van der Waals surface area (Å²) in [7, 11) is -6.09. The van der Waals surface area contributed by atoms with Crippen LogP contribution in [0.3, 0.4) is 0 Å². The van der Waals surface area contributed by atoms with Gasteiger partial charge in [0.05, 0.1) is 26.2 Å². The van der Waals surface area contributed by atoms with E-state index in [1.54, 1.807) is 0 Å². The second kappa shape index (κ2) is 11.2. The predicted molar refractivity (Wildman–Crippen MR) is 81.3 cm³/mol. The molecule has 0 aliphatic carbocycles. The number of halogens is 3. The molecule has 0 aliphatic heterocycles. The average molecular weight is 349 g/mol. The van der Waals surface area contributed by atoms with Crippen molar-refractivity contribution in [3.05, 3.63) is 0 Å². The van der Waals surface area contributed by atoms with E-state index in [4.69, 9.17) is 13.0 Å². The standard InChI is InChI=1S/C13H30N.CHF3O3S/c1-5-9-10-11-12-13-14(6-2,7-3)8-4;2-1(3,4)8(5,6)7/h5-13H2,1-4H3;(H,5,6,7)/q+1;/p-1. The maximum atomic E-state index is 10.7. The van der Waals surface area contributed by atoms with E-state index in [-0.39, 0.29) is 0 Å². The van der Waals surface area contributed by atoms with Gasteiger partial charge in [-0.3, -0.25) is 0 Å². The number of quaternary nitrogens is 1. The number of alkyl halides is 3. The third-order valence-corrected chi connectivity index (χ3v) is 4.60. The van der Waals surface area contributed by atoms with Gasteiger partial charge in [0, 0.05) is 0 Å². The van der Waals surface area contributed by atoms with Gasteiger partial charge >= 0.3 is 5.51 Å². The van der Waals surface area contributed by atoms with Gasteiger partial charge in [-0.2, -0.15) is 13.2 Å². The van der Waals surface area contributed by atoms with Crippen LogP contribution in [0.4, 0.5) is 13.2 Å². The Morgan fingerprint density at radius 1 is 0.864 bits per heavy atom. The maximum absolute atomic E-state index is 10.7. The van der Waals surface area contributed by atoms with Gasteiger partial charge in [0.1, 0.15) is 0 Å². The van der Waals surface area contributed by atoms with Crippen LogP contribution < -0.4 is 0 Å². The third kappa shape index (κ3) is 10.4. The minimum absolute atomic E-state index is 1.31. The van der Waals surface area contributed by atoms with E-state index in [0.29, 0.717) is 0 Å². The first kappa shape index (κ1) is 23.9. The Hall–Kier alpha value is -0.340. The number of hydrogen-bond acceptors (Lipinski definition) is 3. The Kier molecular flexibility index (Phi) is 12.2. The van der Waals surface area contributed by atoms with Crippen molar-refractivity contribution in [2.75, 3.05) is 26.2 Å². The number of unbranched alkanes of at least 4 members (excludes halogenated alkanes) is 4. The van der Waals surface area contributed by atoms with Crippen molar-refractivity contribution < 1.29 is 30.6 Å². The Bertz CT molecular complexity index is 358. The van der Waals surface area contributed by atoms with Gasteiger partial charge in [-0.15, -0.1) is 0 Å². The molecule has 0 bridgehead atoms. The molecule has 0 saturated heterocycles. The van der Waals surface area contributed by atoms with Crippen molar-refractivity contribution in [1.82, 2.24) is 0 Å². The minimum atomic E-state index is -6.09. The van der Waals surface area contributed by atoms with Gasteiger partial charge in [-0.25, -0.2) is 8.42 Å². The van der Waals surface area contributed by atoms with Crippen LogP contribution in [-0.2, 0) is 10.1 Å². The highest BCUT2D eigenvalue weighted by molar-refractivity contribution is 7.86. The number of hydrogen-bond donors (Lipinski definition) is 0. The Balaban J connectivity index is 0. The van der Waals surface area contributed by atoms with E-state index >= 15 is 0 Å². The van der Waals surface area contributed by atoms with Crippen molar-refractivity contribution in [2.24, 2.45) is 0 Å². The predicted octanol–water partition coefficient (Wildman–Crippen LogP) is 3.88. The van der Waals surface area contributed by atoms with Crippen molar-refractivity contribution >= 4 is 10.1 Å². The monoisotopic (exact) mass is 349 g/mol. The summed E-state index contributed by atoms with van der Waals surface area (Å²) in [5.41, 5.74) is -5.65. The molecule has 0 radical (unpaired) electrons. The lowest BCUT2D eigenvalue weighted by Crippen LogP contribution is -2.48. The zero-order valence-electron chi connectivity index (χ0n) is 14.1. The molecule has 0 spiro atoms. The molecule has 0 fully saturated rings. The topological polar surface area (TPSA) is 57.2 Å². The summed E-state index contributed by atoms with van der Waals surface area (Å²) >= 11 is 0. The molecule has 0 rings (SSSR count). The van der Waals surface area contributed by atoms with Gasteiger partial charge in [0.25, 0.3) is 0 Å². The molecule has 0 N–H and O–H groups in total. The summed E-state index contributed by atoms with van der Waals surface area (Å²) < 4.78 is 60.2. The lowest BCUT2D eigenvalue weighted by molar-refractivity contribution is -0.923. The van der Waals surface area contributed by atoms with Gasteiger partial charge in [-0.05, 0) is 33.6 Å². The molecule has 0 aromatic carbocycles. The van der Waals surface area contributed by atoms with E-state index in [1.165, 1.54) is 62.8 Å². The lowest BCUT2D eigenvalue weighted by atomic mass is 10.1. The maximum Gasteiger partial charge on any atom is 0.485 e. The highest BCUT2D eigenvalue weighted by Crippen LogP contribution is 2.20. The third-order valence-electron chi connectivity index (χ3n) is 4.03. The Labute approximate surface area is 133 Å². The molecule has 0 aliphatic rings. The summed E-state index contributed by atoms with van der Waals surface area (Å²) in [4.78, 5) is 0. The minimum Gasteiger partial charge on any atom is -0.741 e. The van der Waals surface area contributed by atoms with Gasteiger partial charge in [0.15, 0.2) is 10.1 Å². The molecule has 0 aromatic heterocycles. The Morgan fingerprint density at radius 2 is 1.23 bits per heavy atom. The molecule has 0 atom stereocenters. The molecule has 8 heteroatoms. The molecule has 136 valence electrons. The second-order valence-electron chi connectivity index (χ2n) is 5.33. The zero-order chi connectivity index (χ0) is 17.9. The fourth-order valence-corrected chi connectivity index (χ4v) is 2.20. The molecule has 4 nitrogen and oxygen atoms in total. The van der Waals surface area contributed by atoms with Crippen LogP contribution in [-0.4, -0.2) is 49.1 Å². The van der Waals surface area contributed by atoms with Gasteiger partial charge < -0.3 is 9.04 Å². The van der Waals surface area contributed by atoms with E-state index in [2.05, 4.69) is 27.7 Å². The van der Waals surface area contributed by atoms with Gasteiger partial charge in [0.2, 0.25) is 0 Å². The van der Waals surface area contributed by atoms with E-state index in [0.717, 1.165) is 0 Å². The molecule has 0 saturated carbocycles. The van der Waals surface area contributed by atoms with Crippen molar-refractivity contribution in [3.8, 4) is 0 Å².